The molecule has 7 heteroatoms. The summed E-state index contributed by atoms with van der Waals surface area (Å²) in [5, 5.41) is 1.03. The van der Waals surface area contributed by atoms with Gasteiger partial charge in [0.2, 0.25) is 0 Å². The van der Waals surface area contributed by atoms with Crippen molar-refractivity contribution < 1.29 is 13.9 Å². The van der Waals surface area contributed by atoms with Crippen LogP contribution in [0.5, 0.6) is 5.75 Å². The van der Waals surface area contributed by atoms with Crippen molar-refractivity contribution >= 4 is 52.2 Å². The van der Waals surface area contributed by atoms with Gasteiger partial charge < -0.3 is 9.15 Å². The average molecular weight is 468 g/mol. The molecule has 0 atom stereocenters. The summed E-state index contributed by atoms with van der Waals surface area (Å²) in [6.45, 7) is 0. The van der Waals surface area contributed by atoms with Gasteiger partial charge in [-0.25, -0.2) is 0 Å². The van der Waals surface area contributed by atoms with Gasteiger partial charge in [0.05, 0.1) is 23.5 Å². The second kappa shape index (κ2) is 8.00. The zero-order chi connectivity index (χ0) is 21.5. The molecule has 0 saturated heterocycles. The van der Waals surface area contributed by atoms with Crippen molar-refractivity contribution in [2.75, 3.05) is 12.0 Å². The van der Waals surface area contributed by atoms with E-state index in [1.807, 2.05) is 42.5 Å². The molecule has 0 saturated carbocycles. The van der Waals surface area contributed by atoms with Gasteiger partial charge in [-0.1, -0.05) is 47.1 Å². The fraction of sp³-hybridized carbons (Fsp3) is 0.0417. The maximum atomic E-state index is 13.6. The molecule has 1 aromatic heterocycles. The van der Waals surface area contributed by atoms with Crippen LogP contribution in [0.3, 0.4) is 0 Å². The van der Waals surface area contributed by atoms with Gasteiger partial charge in [0, 0.05) is 20.4 Å². The molecule has 2 heterocycles. The molecule has 0 N–H and O–H groups in total. The highest BCUT2D eigenvalue weighted by Gasteiger charge is 2.30. The predicted molar refractivity (Wildman–Crippen MR) is 124 cm³/mol. The Hall–Kier alpha value is -2.86. The summed E-state index contributed by atoms with van der Waals surface area (Å²) in [5.74, 6) is 1.06. The molecule has 154 valence electrons. The Balaban J connectivity index is 1.56. The molecule has 4 aromatic rings. The van der Waals surface area contributed by atoms with E-state index in [4.69, 9.17) is 32.4 Å². The number of carbonyl (C=O) groups excluding carboxylic acids is 1. The van der Waals surface area contributed by atoms with Crippen molar-refractivity contribution in [3.63, 3.8) is 0 Å². The van der Waals surface area contributed by atoms with Crippen molar-refractivity contribution in [3.8, 4) is 17.1 Å². The van der Waals surface area contributed by atoms with Crippen LogP contribution in [0.4, 0.5) is 11.4 Å². The van der Waals surface area contributed by atoms with Crippen LogP contribution in [0.1, 0.15) is 10.6 Å². The summed E-state index contributed by atoms with van der Waals surface area (Å²) < 4.78 is 11.1. The van der Waals surface area contributed by atoms with Crippen molar-refractivity contribution in [1.82, 2.24) is 0 Å². The van der Waals surface area contributed by atoms with Gasteiger partial charge in [-0.3, -0.25) is 9.69 Å². The van der Waals surface area contributed by atoms with Crippen LogP contribution < -0.4 is 9.64 Å². The maximum Gasteiger partial charge on any atom is 0.298 e. The number of carbonyl (C=O) groups is 1. The normalized spacial score (nSPS) is 12.3. The van der Waals surface area contributed by atoms with E-state index in [2.05, 4.69) is 0 Å². The molecular weight excluding hydrogens is 453 g/mol. The second-order valence-electron chi connectivity index (χ2n) is 6.84. The number of hydrogen-bond donors (Lipinski definition) is 0. The Morgan fingerprint density at radius 1 is 0.935 bits per heavy atom. The van der Waals surface area contributed by atoms with E-state index in [1.165, 1.54) is 0 Å². The first-order valence-electron chi connectivity index (χ1n) is 9.40. The highest BCUT2D eigenvalue weighted by Crippen LogP contribution is 2.49. The van der Waals surface area contributed by atoms with Gasteiger partial charge in [0.15, 0.2) is 5.76 Å². The summed E-state index contributed by atoms with van der Waals surface area (Å²) in [6, 6.07) is 22.1. The molecule has 3 aromatic carbocycles. The van der Waals surface area contributed by atoms with E-state index < -0.39 is 0 Å². The van der Waals surface area contributed by atoms with Crippen LogP contribution >= 0.6 is 35.0 Å². The largest absolute Gasteiger partial charge is 0.495 e. The lowest BCUT2D eigenvalue weighted by molar-refractivity contribution is 0.0972. The molecule has 31 heavy (non-hydrogen) atoms. The number of nitrogens with zero attached hydrogens (tertiary/aromatic N) is 1. The number of hydrogen-bond acceptors (Lipinski definition) is 4. The van der Waals surface area contributed by atoms with Gasteiger partial charge >= 0.3 is 0 Å². The third-order valence-electron chi connectivity index (χ3n) is 4.94. The minimum absolute atomic E-state index is 0.217. The number of benzene rings is 3. The average Bonchev–Trinajstić information content (AvgIpc) is 3.27. The maximum absolute atomic E-state index is 13.6. The number of para-hydroxylation sites is 1. The number of anilines is 2. The zero-order valence-corrected chi connectivity index (χ0v) is 18.6. The number of amides is 1. The molecule has 1 aliphatic heterocycles. The van der Waals surface area contributed by atoms with E-state index in [1.54, 1.807) is 54.1 Å². The molecule has 0 aliphatic carbocycles. The minimum Gasteiger partial charge on any atom is -0.495 e. The number of rotatable bonds is 3. The van der Waals surface area contributed by atoms with Crippen LogP contribution in [-0.4, -0.2) is 13.0 Å². The summed E-state index contributed by atoms with van der Waals surface area (Å²) in [5.41, 5.74) is 2.27. The summed E-state index contributed by atoms with van der Waals surface area (Å²) in [6.07, 6.45) is 0. The van der Waals surface area contributed by atoms with Gasteiger partial charge in [-0.2, -0.15) is 0 Å². The second-order valence-corrected chi connectivity index (χ2v) is 8.76. The SMILES string of the molecule is COc1ccc(-c2ccc(C(=O)N3c4ccccc4Sc4ccc(Cl)cc43)o2)cc1Cl. The van der Waals surface area contributed by atoms with Crippen LogP contribution in [0.2, 0.25) is 10.0 Å². The first-order chi connectivity index (χ1) is 15.0. The third-order valence-corrected chi connectivity index (χ3v) is 6.60. The van der Waals surface area contributed by atoms with Crippen molar-refractivity contribution in [2.24, 2.45) is 0 Å². The first-order valence-corrected chi connectivity index (χ1v) is 11.0. The van der Waals surface area contributed by atoms with Crippen molar-refractivity contribution in [2.45, 2.75) is 9.79 Å². The summed E-state index contributed by atoms with van der Waals surface area (Å²) >= 11 is 14.1. The molecule has 1 amide bonds. The minimum atomic E-state index is -0.276. The fourth-order valence-electron chi connectivity index (χ4n) is 3.48. The number of halogens is 2. The highest BCUT2D eigenvalue weighted by molar-refractivity contribution is 7.99. The van der Waals surface area contributed by atoms with Gasteiger partial charge in [-0.15, -0.1) is 0 Å². The Morgan fingerprint density at radius 2 is 1.74 bits per heavy atom. The number of furan rings is 1. The molecule has 0 radical (unpaired) electrons. The molecule has 5 rings (SSSR count). The van der Waals surface area contributed by atoms with E-state index in [0.717, 1.165) is 26.7 Å². The molecular formula is C24H15Cl2NO3S. The van der Waals surface area contributed by atoms with Crippen molar-refractivity contribution in [3.05, 3.63) is 88.6 Å². The van der Waals surface area contributed by atoms with Gasteiger partial charge in [0.1, 0.15) is 11.5 Å². The molecule has 0 bridgehead atoms. The number of methoxy groups -OCH3 is 1. The smallest absolute Gasteiger partial charge is 0.298 e. The topological polar surface area (TPSA) is 42.7 Å². The Morgan fingerprint density at radius 3 is 2.55 bits per heavy atom. The predicted octanol–water partition coefficient (Wildman–Crippen LogP) is 7.71. The molecule has 0 fully saturated rings. The molecule has 0 unspecified atom stereocenters. The van der Waals surface area contributed by atoms with E-state index in [0.29, 0.717) is 21.6 Å². The Labute approximate surface area is 193 Å². The van der Waals surface area contributed by atoms with E-state index >= 15 is 0 Å². The summed E-state index contributed by atoms with van der Waals surface area (Å²) in [7, 11) is 1.56. The van der Waals surface area contributed by atoms with Crippen LogP contribution in [0.15, 0.2) is 87.0 Å². The monoisotopic (exact) mass is 467 g/mol. The molecule has 0 spiro atoms. The quantitative estimate of drug-likeness (QED) is 0.309. The Kier molecular flexibility index (Phi) is 5.18. The lowest BCUT2D eigenvalue weighted by atomic mass is 10.1. The highest BCUT2D eigenvalue weighted by atomic mass is 35.5. The van der Waals surface area contributed by atoms with Crippen LogP contribution in [-0.2, 0) is 0 Å². The van der Waals surface area contributed by atoms with Crippen molar-refractivity contribution in [1.29, 1.82) is 0 Å². The summed E-state index contributed by atoms with van der Waals surface area (Å²) in [4.78, 5) is 17.2. The van der Waals surface area contributed by atoms with Gasteiger partial charge in [0.25, 0.3) is 5.91 Å². The van der Waals surface area contributed by atoms with Gasteiger partial charge in [-0.05, 0) is 60.7 Å². The van der Waals surface area contributed by atoms with E-state index in [-0.39, 0.29) is 11.7 Å². The Bertz CT molecular complexity index is 1320. The lowest BCUT2D eigenvalue weighted by Crippen LogP contribution is -2.28. The number of fused-ring (bicyclic) bond motifs is 2. The van der Waals surface area contributed by atoms with Crippen LogP contribution in [0.25, 0.3) is 11.3 Å². The zero-order valence-electron chi connectivity index (χ0n) is 16.3. The fourth-order valence-corrected chi connectivity index (χ4v) is 4.95. The van der Waals surface area contributed by atoms with E-state index in [9.17, 15) is 4.79 Å². The molecule has 1 aliphatic rings. The third kappa shape index (κ3) is 3.59. The molecule has 4 nitrogen and oxygen atoms in total. The number of ether oxygens (including phenoxy) is 1. The van der Waals surface area contributed by atoms with Crippen LogP contribution in [0, 0.1) is 0 Å². The standard InChI is InChI=1S/C24H15Cl2NO3S/c1-29-20-8-6-14(12-16(20)26)19-9-10-21(30-19)24(28)27-17-4-2-3-5-22(17)31-23-11-7-15(25)13-18(23)27/h2-13H,1H3. The first kappa shape index (κ1) is 20.1. The lowest BCUT2D eigenvalue weighted by Gasteiger charge is -2.30.